The lowest BCUT2D eigenvalue weighted by Crippen LogP contribution is -2.22. The summed E-state index contributed by atoms with van der Waals surface area (Å²) in [5, 5.41) is 8.52. The Morgan fingerprint density at radius 1 is 1.58 bits per heavy atom. The summed E-state index contributed by atoms with van der Waals surface area (Å²) >= 11 is 0. The number of nitriles is 1. The number of para-hydroxylation sites is 1. The van der Waals surface area contributed by atoms with E-state index in [2.05, 4.69) is 12.1 Å². The van der Waals surface area contributed by atoms with E-state index in [4.69, 9.17) is 5.26 Å². The molecule has 1 radical (unpaired) electrons. The van der Waals surface area contributed by atoms with Crippen LogP contribution in [0.3, 0.4) is 0 Å². The molecule has 0 fully saturated rings. The van der Waals surface area contributed by atoms with Crippen LogP contribution in [0.25, 0.3) is 0 Å². The minimum atomic E-state index is 0.428. The van der Waals surface area contributed by atoms with Crippen LogP contribution in [-0.4, -0.2) is 13.1 Å². The maximum atomic E-state index is 8.52. The van der Waals surface area contributed by atoms with Gasteiger partial charge in [0.2, 0.25) is 0 Å². The second-order valence-corrected chi connectivity index (χ2v) is 2.42. The first-order chi connectivity index (χ1) is 5.88. The molecule has 0 aliphatic heterocycles. The molecule has 61 valence electrons. The maximum Gasteiger partial charge on any atom is 0.105 e. The molecule has 12 heavy (non-hydrogen) atoms. The van der Waals surface area contributed by atoms with Crippen molar-refractivity contribution in [2.24, 2.45) is 0 Å². The fourth-order valence-electron chi connectivity index (χ4n) is 1.03. The van der Waals surface area contributed by atoms with Gasteiger partial charge in [0.05, 0.1) is 6.07 Å². The lowest BCUT2D eigenvalue weighted by Gasteiger charge is -2.18. The van der Waals surface area contributed by atoms with Crippen molar-refractivity contribution in [2.75, 3.05) is 18.0 Å². The zero-order valence-corrected chi connectivity index (χ0v) is 7.12. The number of anilines is 1. The number of rotatable bonds is 3. The molecule has 0 aromatic heterocycles. The second kappa shape index (κ2) is 4.40. The van der Waals surface area contributed by atoms with Crippen LogP contribution in [-0.2, 0) is 0 Å². The van der Waals surface area contributed by atoms with Crippen molar-refractivity contribution in [1.82, 2.24) is 0 Å². The zero-order valence-electron chi connectivity index (χ0n) is 7.12. The summed E-state index contributed by atoms with van der Waals surface area (Å²) in [5.74, 6) is 0. The van der Waals surface area contributed by atoms with Gasteiger partial charge in [-0.25, -0.2) is 0 Å². The molecule has 2 nitrogen and oxygen atoms in total. The smallest absolute Gasteiger partial charge is 0.105 e. The molecule has 1 aromatic rings. The Morgan fingerprint density at radius 3 is 2.92 bits per heavy atom. The minimum Gasteiger partial charge on any atom is -0.358 e. The molecule has 0 heterocycles. The molecule has 1 aromatic carbocycles. The van der Waals surface area contributed by atoms with Crippen LogP contribution in [0.5, 0.6) is 0 Å². The summed E-state index contributed by atoms with van der Waals surface area (Å²) in [6.45, 7) is 3.29. The van der Waals surface area contributed by atoms with Crippen LogP contribution in [0.15, 0.2) is 24.3 Å². The van der Waals surface area contributed by atoms with Gasteiger partial charge in [-0.1, -0.05) is 18.2 Å². The first-order valence-electron chi connectivity index (χ1n) is 3.97. The Kier molecular flexibility index (Phi) is 3.16. The number of nitrogens with zero attached hydrogens (tertiary/aromatic N) is 2. The maximum absolute atomic E-state index is 8.52. The SMILES string of the molecule is CCN(CC#N)c1[c]cccc1. The van der Waals surface area contributed by atoms with E-state index in [-0.39, 0.29) is 0 Å². The average molecular weight is 159 g/mol. The number of hydrogen-bond donors (Lipinski definition) is 0. The molecule has 0 aliphatic carbocycles. The standard InChI is InChI=1S/C10H11N2/c1-2-12(9-8-11)10-6-4-3-5-7-10/h3-6H,2,9H2,1H3. The van der Waals surface area contributed by atoms with Crippen molar-refractivity contribution in [3.8, 4) is 6.07 Å². The summed E-state index contributed by atoms with van der Waals surface area (Å²) in [6.07, 6.45) is 0. The molecule has 0 unspecified atom stereocenters. The summed E-state index contributed by atoms with van der Waals surface area (Å²) in [5.41, 5.74) is 0.988. The van der Waals surface area contributed by atoms with E-state index < -0.39 is 0 Å². The van der Waals surface area contributed by atoms with Crippen LogP contribution in [0.1, 0.15) is 6.92 Å². The van der Waals surface area contributed by atoms with E-state index in [0.717, 1.165) is 12.2 Å². The van der Waals surface area contributed by atoms with Gasteiger partial charge in [0.15, 0.2) is 0 Å². The van der Waals surface area contributed by atoms with Crippen LogP contribution in [0.4, 0.5) is 5.69 Å². The Bertz CT molecular complexity index is 261. The highest BCUT2D eigenvalue weighted by atomic mass is 15.1. The van der Waals surface area contributed by atoms with Gasteiger partial charge in [-0.2, -0.15) is 5.26 Å². The van der Waals surface area contributed by atoms with E-state index in [1.807, 2.05) is 36.1 Å². The molecule has 0 saturated heterocycles. The average Bonchev–Trinajstić information content (AvgIpc) is 2.15. The van der Waals surface area contributed by atoms with E-state index in [1.165, 1.54) is 0 Å². The third-order valence-corrected chi connectivity index (χ3v) is 1.68. The molecule has 0 bridgehead atoms. The molecule has 0 N–H and O–H groups in total. The Labute approximate surface area is 73.0 Å². The van der Waals surface area contributed by atoms with Gasteiger partial charge in [0.1, 0.15) is 6.54 Å². The normalized spacial score (nSPS) is 9.00. The van der Waals surface area contributed by atoms with Crippen molar-refractivity contribution in [3.63, 3.8) is 0 Å². The molecule has 0 spiro atoms. The van der Waals surface area contributed by atoms with Crippen molar-refractivity contribution in [1.29, 1.82) is 5.26 Å². The fourth-order valence-corrected chi connectivity index (χ4v) is 1.03. The summed E-state index contributed by atoms with van der Waals surface area (Å²) < 4.78 is 0. The van der Waals surface area contributed by atoms with Crippen LogP contribution in [0.2, 0.25) is 0 Å². The van der Waals surface area contributed by atoms with Gasteiger partial charge in [-0.3, -0.25) is 0 Å². The van der Waals surface area contributed by atoms with Gasteiger partial charge in [-0.15, -0.1) is 0 Å². The van der Waals surface area contributed by atoms with Gasteiger partial charge in [0, 0.05) is 18.3 Å². The molecular weight excluding hydrogens is 148 g/mol. The monoisotopic (exact) mass is 159 g/mol. The highest BCUT2D eigenvalue weighted by molar-refractivity contribution is 5.45. The Morgan fingerprint density at radius 2 is 2.42 bits per heavy atom. The van der Waals surface area contributed by atoms with Crippen molar-refractivity contribution >= 4 is 5.69 Å². The summed E-state index contributed by atoms with van der Waals surface area (Å²) in [6, 6.07) is 12.9. The molecule has 0 aliphatic rings. The third-order valence-electron chi connectivity index (χ3n) is 1.68. The molecule has 2 heteroatoms. The topological polar surface area (TPSA) is 27.0 Å². The van der Waals surface area contributed by atoms with E-state index in [9.17, 15) is 0 Å². The van der Waals surface area contributed by atoms with E-state index >= 15 is 0 Å². The van der Waals surface area contributed by atoms with Crippen molar-refractivity contribution in [3.05, 3.63) is 30.3 Å². The number of hydrogen-bond acceptors (Lipinski definition) is 2. The predicted octanol–water partition coefficient (Wildman–Crippen LogP) is 1.84. The van der Waals surface area contributed by atoms with E-state index in [1.54, 1.807) is 0 Å². The molecule has 0 saturated carbocycles. The van der Waals surface area contributed by atoms with Gasteiger partial charge < -0.3 is 4.90 Å². The Hall–Kier alpha value is -1.49. The number of benzene rings is 1. The molecule has 1 rings (SSSR count). The van der Waals surface area contributed by atoms with Crippen LogP contribution < -0.4 is 4.90 Å². The van der Waals surface area contributed by atoms with E-state index in [0.29, 0.717) is 6.54 Å². The van der Waals surface area contributed by atoms with Crippen LogP contribution in [0, 0.1) is 17.4 Å². The third kappa shape index (κ3) is 2.00. The first-order valence-corrected chi connectivity index (χ1v) is 3.97. The van der Waals surface area contributed by atoms with Gasteiger partial charge >= 0.3 is 0 Å². The van der Waals surface area contributed by atoms with Gasteiger partial charge in [-0.05, 0) is 13.0 Å². The highest BCUT2D eigenvalue weighted by Crippen LogP contribution is 2.10. The molecule has 0 amide bonds. The largest absolute Gasteiger partial charge is 0.358 e. The van der Waals surface area contributed by atoms with Crippen molar-refractivity contribution < 1.29 is 0 Å². The first kappa shape index (κ1) is 8.61. The van der Waals surface area contributed by atoms with Crippen molar-refractivity contribution in [2.45, 2.75) is 6.92 Å². The fraction of sp³-hybridized carbons (Fsp3) is 0.300. The molecular formula is C10H11N2. The summed E-state index contributed by atoms with van der Waals surface area (Å²) in [7, 11) is 0. The summed E-state index contributed by atoms with van der Waals surface area (Å²) in [4.78, 5) is 1.97. The minimum absolute atomic E-state index is 0.428. The zero-order chi connectivity index (χ0) is 8.81. The second-order valence-electron chi connectivity index (χ2n) is 2.42. The predicted molar refractivity (Wildman–Crippen MR) is 48.8 cm³/mol. The lowest BCUT2D eigenvalue weighted by molar-refractivity contribution is 0.910. The van der Waals surface area contributed by atoms with Gasteiger partial charge in [0.25, 0.3) is 0 Å². The molecule has 0 atom stereocenters. The quantitative estimate of drug-likeness (QED) is 0.629. The van der Waals surface area contributed by atoms with Crippen LogP contribution >= 0.6 is 0 Å². The lowest BCUT2D eigenvalue weighted by atomic mass is 10.3. The Balaban J connectivity index is 2.75. The highest BCUT2D eigenvalue weighted by Gasteiger charge is 2.00.